The van der Waals surface area contributed by atoms with Crippen LogP contribution < -0.4 is 0 Å². The molecule has 0 rings (SSSR count). The van der Waals surface area contributed by atoms with E-state index in [9.17, 15) is 18.4 Å². The molecule has 0 saturated heterocycles. The van der Waals surface area contributed by atoms with E-state index in [0.717, 1.165) is 0 Å². The van der Waals surface area contributed by atoms with Crippen molar-refractivity contribution in [1.29, 1.82) is 0 Å². The summed E-state index contributed by atoms with van der Waals surface area (Å²) >= 11 is 0. The number of halogens is 2. The number of ether oxygens (including phenoxy) is 1. The Hall–Kier alpha value is -1.20. The molecule has 0 radical (unpaired) electrons. The lowest BCUT2D eigenvalue weighted by Gasteiger charge is -2.25. The number of alkyl halides is 2. The minimum absolute atomic E-state index is 0.0582. The quantitative estimate of drug-likeness (QED) is 0.704. The molecule has 17 heavy (non-hydrogen) atoms. The van der Waals surface area contributed by atoms with Gasteiger partial charge in [0.1, 0.15) is 11.9 Å². The fourth-order valence-corrected chi connectivity index (χ4v) is 1.03. The molecule has 0 fully saturated rings. The predicted octanol–water partition coefficient (Wildman–Crippen LogP) is 2.32. The van der Waals surface area contributed by atoms with Crippen LogP contribution in [0.5, 0.6) is 0 Å². The average molecular weight is 251 g/mol. The van der Waals surface area contributed by atoms with Gasteiger partial charge in [-0.2, -0.15) is 0 Å². The zero-order valence-electron chi connectivity index (χ0n) is 10.6. The summed E-state index contributed by atoms with van der Waals surface area (Å²) in [6.07, 6.45) is -3.14. The minimum Gasteiger partial charge on any atom is -0.444 e. The summed E-state index contributed by atoms with van der Waals surface area (Å²) < 4.78 is 29.5. The maximum Gasteiger partial charge on any atom is 0.410 e. The van der Waals surface area contributed by atoms with Gasteiger partial charge in [-0.1, -0.05) is 0 Å². The normalized spacial score (nSPS) is 13.4. The van der Waals surface area contributed by atoms with Crippen LogP contribution in [-0.2, 0) is 9.53 Å². The van der Waals surface area contributed by atoms with E-state index in [2.05, 4.69) is 0 Å². The van der Waals surface area contributed by atoms with E-state index in [1.165, 1.54) is 11.9 Å². The number of hydrogen-bond acceptors (Lipinski definition) is 3. The van der Waals surface area contributed by atoms with Crippen molar-refractivity contribution < 1.29 is 23.1 Å². The molecule has 0 saturated carbocycles. The minimum atomic E-state index is -2.69. The molecule has 0 aromatic carbocycles. The lowest BCUT2D eigenvalue weighted by Crippen LogP contribution is -2.35. The third-order valence-corrected chi connectivity index (χ3v) is 2.00. The van der Waals surface area contributed by atoms with Crippen LogP contribution in [0, 0.1) is 5.92 Å². The maximum atomic E-state index is 12.3. The van der Waals surface area contributed by atoms with Crippen molar-refractivity contribution in [1.82, 2.24) is 4.90 Å². The van der Waals surface area contributed by atoms with Gasteiger partial charge in [-0.25, -0.2) is 13.6 Å². The Morgan fingerprint density at radius 2 is 1.94 bits per heavy atom. The van der Waals surface area contributed by atoms with Crippen molar-refractivity contribution in [2.75, 3.05) is 13.6 Å². The third-order valence-electron chi connectivity index (χ3n) is 2.00. The summed E-state index contributed by atoms with van der Waals surface area (Å²) in [6.45, 7) is 5.20. The smallest absolute Gasteiger partial charge is 0.410 e. The molecule has 0 aliphatic carbocycles. The molecule has 1 amide bonds. The van der Waals surface area contributed by atoms with Gasteiger partial charge in [-0.15, -0.1) is 0 Å². The van der Waals surface area contributed by atoms with Crippen LogP contribution in [0.4, 0.5) is 13.6 Å². The second kappa shape index (κ2) is 6.51. The molecule has 6 heteroatoms. The zero-order valence-corrected chi connectivity index (χ0v) is 10.6. The molecule has 1 unspecified atom stereocenters. The molecule has 4 nitrogen and oxygen atoms in total. The number of hydrogen-bond donors (Lipinski definition) is 0. The van der Waals surface area contributed by atoms with Crippen LogP contribution in [0.15, 0.2) is 0 Å². The summed E-state index contributed by atoms with van der Waals surface area (Å²) in [5.74, 6) is -1.33. The van der Waals surface area contributed by atoms with Crippen LogP contribution in [0.3, 0.4) is 0 Å². The Morgan fingerprint density at radius 3 is 2.29 bits per heavy atom. The SMILES string of the molecule is CN(CCC(C=O)C(F)F)C(=O)OC(C)(C)C. The van der Waals surface area contributed by atoms with E-state index in [1.807, 2.05) is 0 Å². The van der Waals surface area contributed by atoms with Gasteiger partial charge in [0.15, 0.2) is 0 Å². The molecule has 0 aliphatic heterocycles. The molecular weight excluding hydrogens is 232 g/mol. The second-order valence-electron chi connectivity index (χ2n) is 4.82. The predicted molar refractivity (Wildman–Crippen MR) is 59.0 cm³/mol. The van der Waals surface area contributed by atoms with Gasteiger partial charge in [-0.05, 0) is 27.2 Å². The summed E-state index contributed by atoms with van der Waals surface area (Å²) in [6, 6.07) is 0. The average Bonchev–Trinajstić information content (AvgIpc) is 2.15. The molecular formula is C11H19F2NO3. The number of amides is 1. The lowest BCUT2D eigenvalue weighted by molar-refractivity contribution is -0.115. The van der Waals surface area contributed by atoms with E-state index in [1.54, 1.807) is 20.8 Å². The highest BCUT2D eigenvalue weighted by atomic mass is 19.3. The van der Waals surface area contributed by atoms with Crippen LogP contribution in [-0.4, -0.2) is 42.9 Å². The molecule has 1 atom stereocenters. The highest BCUT2D eigenvalue weighted by Gasteiger charge is 2.23. The van der Waals surface area contributed by atoms with E-state index in [4.69, 9.17) is 4.74 Å². The molecule has 0 aromatic heterocycles. The Bertz CT molecular complexity index is 264. The van der Waals surface area contributed by atoms with Crippen molar-refractivity contribution in [3.8, 4) is 0 Å². The molecule has 0 N–H and O–H groups in total. The summed E-state index contributed by atoms with van der Waals surface area (Å²) in [5.41, 5.74) is -0.627. The van der Waals surface area contributed by atoms with E-state index in [-0.39, 0.29) is 19.3 Å². The fraction of sp³-hybridized carbons (Fsp3) is 0.818. The number of carbonyl (C=O) groups excluding carboxylic acids is 2. The number of rotatable bonds is 5. The maximum absolute atomic E-state index is 12.3. The standard InChI is InChI=1S/C11H19F2NO3/c1-11(2,3)17-10(16)14(4)6-5-8(7-15)9(12)13/h7-9H,5-6H2,1-4H3. The van der Waals surface area contributed by atoms with Gasteiger partial charge < -0.3 is 14.4 Å². The Kier molecular flexibility index (Phi) is 6.05. The van der Waals surface area contributed by atoms with Gasteiger partial charge in [0, 0.05) is 13.6 Å². The van der Waals surface area contributed by atoms with Crippen molar-refractivity contribution in [3.63, 3.8) is 0 Å². The number of nitrogens with zero attached hydrogens (tertiary/aromatic N) is 1. The first-order chi connectivity index (χ1) is 7.67. The number of aldehydes is 1. The molecule has 0 aromatic rings. The van der Waals surface area contributed by atoms with Crippen LogP contribution in [0.1, 0.15) is 27.2 Å². The fourth-order valence-electron chi connectivity index (χ4n) is 1.03. The van der Waals surface area contributed by atoms with Crippen molar-refractivity contribution in [3.05, 3.63) is 0 Å². The third kappa shape index (κ3) is 6.86. The van der Waals surface area contributed by atoms with Crippen molar-refractivity contribution in [2.45, 2.75) is 39.2 Å². The largest absolute Gasteiger partial charge is 0.444 e. The first-order valence-electron chi connectivity index (χ1n) is 5.35. The van der Waals surface area contributed by atoms with Gasteiger partial charge >= 0.3 is 6.09 Å². The lowest BCUT2D eigenvalue weighted by atomic mass is 10.1. The molecule has 0 spiro atoms. The second-order valence-corrected chi connectivity index (χ2v) is 4.82. The van der Waals surface area contributed by atoms with Crippen LogP contribution in [0.2, 0.25) is 0 Å². The monoisotopic (exact) mass is 251 g/mol. The Labute approximate surface area is 99.9 Å². The van der Waals surface area contributed by atoms with Gasteiger partial charge in [0.25, 0.3) is 0 Å². The van der Waals surface area contributed by atoms with Gasteiger partial charge in [-0.3, -0.25) is 0 Å². The topological polar surface area (TPSA) is 46.6 Å². The molecule has 0 heterocycles. The van der Waals surface area contributed by atoms with E-state index < -0.39 is 24.0 Å². The molecule has 0 bridgehead atoms. The highest BCUT2D eigenvalue weighted by molar-refractivity contribution is 5.67. The van der Waals surface area contributed by atoms with Gasteiger partial charge in [0.05, 0.1) is 5.92 Å². The van der Waals surface area contributed by atoms with Crippen LogP contribution >= 0.6 is 0 Å². The number of carbonyl (C=O) groups is 2. The van der Waals surface area contributed by atoms with Crippen molar-refractivity contribution >= 4 is 12.4 Å². The Balaban J connectivity index is 4.13. The summed E-state index contributed by atoms with van der Waals surface area (Å²) in [7, 11) is 1.45. The highest BCUT2D eigenvalue weighted by Crippen LogP contribution is 2.13. The first kappa shape index (κ1) is 15.8. The molecule has 100 valence electrons. The Morgan fingerprint density at radius 1 is 1.41 bits per heavy atom. The first-order valence-corrected chi connectivity index (χ1v) is 5.35. The van der Waals surface area contributed by atoms with Crippen LogP contribution in [0.25, 0.3) is 0 Å². The van der Waals surface area contributed by atoms with E-state index in [0.29, 0.717) is 0 Å². The van der Waals surface area contributed by atoms with Crippen molar-refractivity contribution in [2.24, 2.45) is 5.92 Å². The van der Waals surface area contributed by atoms with E-state index >= 15 is 0 Å². The summed E-state index contributed by atoms with van der Waals surface area (Å²) in [4.78, 5) is 23.0. The molecule has 0 aliphatic rings. The summed E-state index contributed by atoms with van der Waals surface area (Å²) in [5, 5.41) is 0. The zero-order chi connectivity index (χ0) is 13.6. The van der Waals surface area contributed by atoms with Gasteiger partial charge in [0.2, 0.25) is 6.43 Å².